The third-order valence-electron chi connectivity index (χ3n) is 3.66. The van der Waals surface area contributed by atoms with Crippen LogP contribution in [-0.4, -0.2) is 23.7 Å². The minimum atomic E-state index is -4.50. The van der Waals surface area contributed by atoms with E-state index in [0.717, 1.165) is 16.3 Å². The molecule has 0 aliphatic heterocycles. The zero-order valence-electron chi connectivity index (χ0n) is 13.6. The second-order valence-electron chi connectivity index (χ2n) is 5.62. The van der Waals surface area contributed by atoms with E-state index in [1.54, 1.807) is 0 Å². The summed E-state index contributed by atoms with van der Waals surface area (Å²) in [6.07, 6.45) is -3.23. The minimum absolute atomic E-state index is 0.0439. The van der Waals surface area contributed by atoms with Gasteiger partial charge in [0, 0.05) is 12.7 Å². The van der Waals surface area contributed by atoms with Gasteiger partial charge in [-0.15, -0.1) is 0 Å². The molecule has 3 rings (SSSR count). The lowest BCUT2D eigenvalue weighted by Crippen LogP contribution is -2.25. The molecule has 1 aromatic heterocycles. The number of halogens is 3. The van der Waals surface area contributed by atoms with Crippen LogP contribution >= 0.6 is 0 Å². The number of benzene rings is 2. The molecular formula is C19H15F3N2O2. The molecule has 0 saturated heterocycles. The first-order chi connectivity index (χ1) is 12.4. The van der Waals surface area contributed by atoms with Crippen molar-refractivity contribution in [2.24, 2.45) is 0 Å². The highest BCUT2D eigenvalue weighted by atomic mass is 19.4. The van der Waals surface area contributed by atoms with Crippen LogP contribution in [0.1, 0.15) is 15.9 Å². The number of amides is 1. The zero-order valence-corrected chi connectivity index (χ0v) is 13.6. The summed E-state index contributed by atoms with van der Waals surface area (Å²) in [6, 6.07) is 16.4. The van der Waals surface area contributed by atoms with Crippen molar-refractivity contribution < 1.29 is 22.7 Å². The second-order valence-corrected chi connectivity index (χ2v) is 5.62. The molecule has 1 heterocycles. The van der Waals surface area contributed by atoms with Crippen LogP contribution in [0, 0.1) is 0 Å². The van der Waals surface area contributed by atoms with Crippen LogP contribution in [-0.2, 0) is 6.54 Å². The normalized spacial score (nSPS) is 11.3. The van der Waals surface area contributed by atoms with Gasteiger partial charge in [0.1, 0.15) is 5.56 Å². The number of hydrogen-bond acceptors (Lipinski definition) is 3. The fourth-order valence-electron chi connectivity index (χ4n) is 2.46. The molecule has 3 aromatic rings. The fraction of sp³-hybridized carbons (Fsp3) is 0.158. The summed E-state index contributed by atoms with van der Waals surface area (Å²) in [5, 5.41) is 4.80. The maximum atomic E-state index is 12.3. The van der Waals surface area contributed by atoms with Crippen molar-refractivity contribution in [3.05, 3.63) is 71.9 Å². The summed E-state index contributed by atoms with van der Waals surface area (Å²) in [6.45, 7) is -1.27. The van der Waals surface area contributed by atoms with E-state index in [1.807, 2.05) is 42.5 Å². The molecule has 4 nitrogen and oxygen atoms in total. The highest BCUT2D eigenvalue weighted by Gasteiger charge is 2.29. The van der Waals surface area contributed by atoms with E-state index in [2.05, 4.69) is 15.0 Å². The Bertz CT molecular complexity index is 926. The Hall–Kier alpha value is -3.09. The Morgan fingerprint density at radius 1 is 1.04 bits per heavy atom. The molecule has 0 aliphatic rings. The summed E-state index contributed by atoms with van der Waals surface area (Å²) in [5.41, 5.74) is 0.830. The van der Waals surface area contributed by atoms with Crippen molar-refractivity contribution in [1.29, 1.82) is 0 Å². The summed E-state index contributed by atoms with van der Waals surface area (Å²) in [4.78, 5) is 16.0. The van der Waals surface area contributed by atoms with Gasteiger partial charge in [0.05, 0.1) is 0 Å². The number of hydrogen-bond donors (Lipinski definition) is 1. The number of nitrogens with one attached hydrogen (secondary N) is 1. The van der Waals surface area contributed by atoms with Crippen molar-refractivity contribution in [1.82, 2.24) is 10.3 Å². The molecule has 0 spiro atoms. The van der Waals surface area contributed by atoms with Crippen LogP contribution in [0.5, 0.6) is 5.88 Å². The molecule has 26 heavy (non-hydrogen) atoms. The second kappa shape index (κ2) is 7.43. The molecule has 0 unspecified atom stereocenters. The summed E-state index contributed by atoms with van der Waals surface area (Å²) in [5.74, 6) is -0.899. The maximum absolute atomic E-state index is 12.3. The Balaban J connectivity index is 1.69. The highest BCUT2D eigenvalue weighted by Crippen LogP contribution is 2.20. The SMILES string of the molecule is O=C(NCc1ccc2ccccc2c1)c1cccnc1OCC(F)(F)F. The highest BCUT2D eigenvalue weighted by molar-refractivity contribution is 5.96. The van der Waals surface area contributed by atoms with Crippen molar-refractivity contribution in [2.45, 2.75) is 12.7 Å². The number of carbonyl (C=O) groups is 1. The molecule has 0 atom stereocenters. The number of carbonyl (C=O) groups excluding carboxylic acids is 1. The number of pyridine rings is 1. The first kappa shape index (κ1) is 17.7. The van der Waals surface area contributed by atoms with E-state index in [1.165, 1.54) is 18.3 Å². The summed E-state index contributed by atoms with van der Waals surface area (Å²) < 4.78 is 41.6. The summed E-state index contributed by atoms with van der Waals surface area (Å²) in [7, 11) is 0. The van der Waals surface area contributed by atoms with Crippen LogP contribution in [0.15, 0.2) is 60.8 Å². The molecule has 1 N–H and O–H groups in total. The largest absolute Gasteiger partial charge is 0.467 e. The number of aromatic nitrogens is 1. The Kier molecular flexibility index (Phi) is 5.06. The first-order valence-corrected chi connectivity index (χ1v) is 7.83. The van der Waals surface area contributed by atoms with Crippen molar-refractivity contribution in [3.63, 3.8) is 0 Å². The van der Waals surface area contributed by atoms with E-state index in [0.29, 0.717) is 0 Å². The molecule has 134 valence electrons. The Morgan fingerprint density at radius 2 is 1.81 bits per heavy atom. The smallest absolute Gasteiger partial charge is 0.422 e. The average molecular weight is 360 g/mol. The van der Waals surface area contributed by atoms with E-state index >= 15 is 0 Å². The van der Waals surface area contributed by atoms with Gasteiger partial charge in [-0.05, 0) is 34.5 Å². The molecule has 2 aromatic carbocycles. The number of ether oxygens (including phenoxy) is 1. The fourth-order valence-corrected chi connectivity index (χ4v) is 2.46. The van der Waals surface area contributed by atoms with Crippen molar-refractivity contribution in [2.75, 3.05) is 6.61 Å². The lowest BCUT2D eigenvalue weighted by molar-refractivity contribution is -0.154. The van der Waals surface area contributed by atoms with Gasteiger partial charge in [-0.1, -0.05) is 36.4 Å². The quantitative estimate of drug-likeness (QED) is 0.745. The molecule has 0 fully saturated rings. The number of nitrogens with zero attached hydrogens (tertiary/aromatic N) is 1. The maximum Gasteiger partial charge on any atom is 0.422 e. The monoisotopic (exact) mass is 360 g/mol. The number of alkyl halides is 3. The van der Waals surface area contributed by atoms with E-state index < -0.39 is 18.7 Å². The number of rotatable bonds is 5. The Labute approximate surface area is 147 Å². The van der Waals surface area contributed by atoms with Gasteiger partial charge in [-0.3, -0.25) is 4.79 Å². The topological polar surface area (TPSA) is 51.2 Å². The molecule has 7 heteroatoms. The van der Waals surface area contributed by atoms with Gasteiger partial charge in [-0.25, -0.2) is 4.98 Å². The predicted octanol–water partition coefficient (Wildman–Crippen LogP) is 4.11. The van der Waals surface area contributed by atoms with Gasteiger partial charge in [0.25, 0.3) is 5.91 Å². The van der Waals surface area contributed by atoms with Crippen LogP contribution in [0.2, 0.25) is 0 Å². The minimum Gasteiger partial charge on any atom is -0.467 e. The standard InChI is InChI=1S/C19H15F3N2O2/c20-19(21,22)12-26-18-16(6-3-9-23-18)17(25)24-11-13-7-8-14-4-1-2-5-15(14)10-13/h1-10H,11-12H2,(H,24,25). The lowest BCUT2D eigenvalue weighted by atomic mass is 10.1. The zero-order chi connectivity index (χ0) is 18.6. The summed E-state index contributed by atoms with van der Waals surface area (Å²) >= 11 is 0. The third kappa shape index (κ3) is 4.50. The van der Waals surface area contributed by atoms with E-state index in [9.17, 15) is 18.0 Å². The number of fused-ring (bicyclic) bond motifs is 1. The molecule has 1 amide bonds. The van der Waals surface area contributed by atoms with Crippen LogP contribution in [0.25, 0.3) is 10.8 Å². The first-order valence-electron chi connectivity index (χ1n) is 7.83. The van der Waals surface area contributed by atoms with Crippen LogP contribution < -0.4 is 10.1 Å². The van der Waals surface area contributed by atoms with Gasteiger partial charge in [0.15, 0.2) is 6.61 Å². The molecule has 0 radical (unpaired) electrons. The van der Waals surface area contributed by atoms with Crippen molar-refractivity contribution >= 4 is 16.7 Å². The van der Waals surface area contributed by atoms with Crippen LogP contribution in [0.3, 0.4) is 0 Å². The van der Waals surface area contributed by atoms with E-state index in [4.69, 9.17) is 0 Å². The average Bonchev–Trinajstić information content (AvgIpc) is 2.64. The molecule has 0 saturated carbocycles. The molecule has 0 aliphatic carbocycles. The van der Waals surface area contributed by atoms with E-state index in [-0.39, 0.29) is 18.0 Å². The van der Waals surface area contributed by atoms with Gasteiger partial charge >= 0.3 is 6.18 Å². The predicted molar refractivity (Wildman–Crippen MR) is 90.9 cm³/mol. The lowest BCUT2D eigenvalue weighted by Gasteiger charge is -2.12. The van der Waals surface area contributed by atoms with Crippen LogP contribution in [0.4, 0.5) is 13.2 Å². The Morgan fingerprint density at radius 3 is 2.58 bits per heavy atom. The molecule has 0 bridgehead atoms. The van der Waals surface area contributed by atoms with Crippen molar-refractivity contribution in [3.8, 4) is 5.88 Å². The van der Waals surface area contributed by atoms with Gasteiger partial charge < -0.3 is 10.1 Å². The third-order valence-corrected chi connectivity index (χ3v) is 3.66. The molecular weight excluding hydrogens is 345 g/mol. The van der Waals surface area contributed by atoms with Gasteiger partial charge in [-0.2, -0.15) is 13.2 Å². The van der Waals surface area contributed by atoms with Gasteiger partial charge in [0.2, 0.25) is 5.88 Å².